The summed E-state index contributed by atoms with van der Waals surface area (Å²) in [6.45, 7) is 1.81. The van der Waals surface area contributed by atoms with Crippen molar-refractivity contribution in [1.82, 2.24) is 4.72 Å². The van der Waals surface area contributed by atoms with E-state index in [4.69, 9.17) is 5.26 Å². The van der Waals surface area contributed by atoms with Crippen LogP contribution in [0, 0.1) is 11.3 Å². The van der Waals surface area contributed by atoms with Gasteiger partial charge in [-0.2, -0.15) is 5.26 Å². The summed E-state index contributed by atoms with van der Waals surface area (Å²) < 4.78 is 29.3. The fraction of sp³-hybridized carbons (Fsp3) is 0.857. The minimum atomic E-state index is -3.29. The fourth-order valence-corrected chi connectivity index (χ4v) is 1.94. The first-order chi connectivity index (χ1) is 6.02. The van der Waals surface area contributed by atoms with Crippen molar-refractivity contribution in [3.63, 3.8) is 0 Å². The van der Waals surface area contributed by atoms with Gasteiger partial charge >= 0.3 is 0 Å². The molecule has 0 heterocycles. The molecule has 13 heavy (non-hydrogen) atoms. The molecule has 0 aliphatic rings. The van der Waals surface area contributed by atoms with Gasteiger partial charge in [0.2, 0.25) is 10.0 Å². The molecule has 0 aromatic rings. The molecule has 5 nitrogen and oxygen atoms in total. The molecule has 0 aromatic carbocycles. The van der Waals surface area contributed by atoms with Crippen molar-refractivity contribution in [2.45, 2.75) is 19.4 Å². The second-order valence-corrected chi connectivity index (χ2v) is 4.57. The van der Waals surface area contributed by atoms with Crippen molar-refractivity contribution in [1.29, 1.82) is 5.26 Å². The highest BCUT2D eigenvalue weighted by molar-refractivity contribution is 7.89. The van der Waals surface area contributed by atoms with E-state index < -0.39 is 10.0 Å². The lowest BCUT2D eigenvalue weighted by Crippen LogP contribution is -2.35. The molecule has 0 saturated heterocycles. The van der Waals surface area contributed by atoms with E-state index in [1.54, 1.807) is 6.92 Å². The van der Waals surface area contributed by atoms with E-state index >= 15 is 0 Å². The van der Waals surface area contributed by atoms with Gasteiger partial charge in [-0.15, -0.1) is 0 Å². The lowest BCUT2D eigenvalue weighted by atomic mass is 10.3. The zero-order chi connectivity index (χ0) is 10.3. The summed E-state index contributed by atoms with van der Waals surface area (Å²) >= 11 is 0. The summed E-state index contributed by atoms with van der Waals surface area (Å²) in [7, 11) is -1.85. The number of nitrogens with one attached hydrogen (secondary N) is 1. The molecule has 0 bridgehead atoms. The summed E-state index contributed by atoms with van der Waals surface area (Å²) in [5.74, 6) is -0.0702. The van der Waals surface area contributed by atoms with Crippen molar-refractivity contribution in [3.05, 3.63) is 0 Å². The van der Waals surface area contributed by atoms with Crippen LogP contribution in [0.4, 0.5) is 0 Å². The van der Waals surface area contributed by atoms with Gasteiger partial charge in [0, 0.05) is 13.2 Å². The quantitative estimate of drug-likeness (QED) is 0.655. The first-order valence-electron chi connectivity index (χ1n) is 3.87. The first-order valence-corrected chi connectivity index (χ1v) is 5.53. The summed E-state index contributed by atoms with van der Waals surface area (Å²) in [5.41, 5.74) is 0. The molecule has 0 fully saturated rings. The number of nitriles is 1. The van der Waals surface area contributed by atoms with Crippen LogP contribution in [0.5, 0.6) is 0 Å². The summed E-state index contributed by atoms with van der Waals surface area (Å²) in [5, 5.41) is 8.30. The van der Waals surface area contributed by atoms with Gasteiger partial charge in [-0.25, -0.2) is 13.1 Å². The predicted octanol–water partition coefficient (Wildman–Crippen LogP) is -0.146. The number of hydrogen-bond donors (Lipinski definition) is 1. The van der Waals surface area contributed by atoms with Gasteiger partial charge in [-0.3, -0.25) is 0 Å². The number of ether oxygens (including phenoxy) is 1. The molecule has 1 atom stereocenters. The van der Waals surface area contributed by atoms with Crippen LogP contribution in [0.1, 0.15) is 13.3 Å². The van der Waals surface area contributed by atoms with Gasteiger partial charge in [0.1, 0.15) is 0 Å². The lowest BCUT2D eigenvalue weighted by molar-refractivity contribution is 0.217. The van der Waals surface area contributed by atoms with Gasteiger partial charge in [0.15, 0.2) is 0 Å². The monoisotopic (exact) mass is 206 g/mol. The maximum absolute atomic E-state index is 11.2. The minimum absolute atomic E-state index is 0.0702. The maximum Gasteiger partial charge on any atom is 0.214 e. The van der Waals surface area contributed by atoms with E-state index in [-0.39, 0.29) is 24.8 Å². The van der Waals surface area contributed by atoms with E-state index in [1.807, 2.05) is 6.07 Å². The Labute approximate surface area is 78.7 Å². The second-order valence-electron chi connectivity index (χ2n) is 2.69. The molecular weight excluding hydrogens is 192 g/mol. The molecular formula is C7H14N2O3S. The van der Waals surface area contributed by atoms with Gasteiger partial charge < -0.3 is 4.74 Å². The summed E-state index contributed by atoms with van der Waals surface area (Å²) in [6, 6.07) is 1.55. The SMILES string of the molecule is COCCS(=O)(=O)NC(C)CC#N. The van der Waals surface area contributed by atoms with Gasteiger partial charge in [0.25, 0.3) is 0 Å². The zero-order valence-corrected chi connectivity index (χ0v) is 8.60. The molecule has 1 unspecified atom stereocenters. The minimum Gasteiger partial charge on any atom is -0.384 e. The second kappa shape index (κ2) is 5.91. The highest BCUT2D eigenvalue weighted by Gasteiger charge is 2.13. The molecule has 0 aliphatic carbocycles. The Bertz CT molecular complexity index is 268. The van der Waals surface area contributed by atoms with Crippen LogP contribution in [-0.4, -0.2) is 33.9 Å². The molecule has 1 N–H and O–H groups in total. The third kappa shape index (κ3) is 6.51. The Morgan fingerprint density at radius 2 is 2.23 bits per heavy atom. The normalized spacial score (nSPS) is 13.6. The van der Waals surface area contributed by atoms with Crippen molar-refractivity contribution in [2.24, 2.45) is 0 Å². The Morgan fingerprint density at radius 3 is 2.69 bits per heavy atom. The molecule has 0 aromatic heterocycles. The highest BCUT2D eigenvalue weighted by atomic mass is 32.2. The van der Waals surface area contributed by atoms with E-state index in [2.05, 4.69) is 9.46 Å². The Balaban J connectivity index is 3.96. The van der Waals surface area contributed by atoms with Crippen LogP contribution in [0.15, 0.2) is 0 Å². The zero-order valence-electron chi connectivity index (χ0n) is 7.78. The first kappa shape index (κ1) is 12.4. The Hall–Kier alpha value is -0.640. The summed E-state index contributed by atoms with van der Waals surface area (Å²) in [6.07, 6.45) is 0.173. The van der Waals surface area contributed by atoms with E-state index in [1.165, 1.54) is 7.11 Å². The largest absolute Gasteiger partial charge is 0.384 e. The van der Waals surface area contributed by atoms with E-state index in [0.29, 0.717) is 0 Å². The molecule has 6 heteroatoms. The fourth-order valence-electron chi connectivity index (χ4n) is 0.737. The van der Waals surface area contributed by atoms with Gasteiger partial charge in [0.05, 0.1) is 24.8 Å². The van der Waals surface area contributed by atoms with E-state index in [0.717, 1.165) is 0 Å². The Morgan fingerprint density at radius 1 is 1.62 bits per heavy atom. The van der Waals surface area contributed by atoms with Gasteiger partial charge in [-0.1, -0.05) is 0 Å². The van der Waals surface area contributed by atoms with E-state index in [9.17, 15) is 8.42 Å². The van der Waals surface area contributed by atoms with Crippen molar-refractivity contribution in [3.8, 4) is 6.07 Å². The molecule has 0 aliphatic heterocycles. The topological polar surface area (TPSA) is 79.2 Å². The number of hydrogen-bond acceptors (Lipinski definition) is 4. The maximum atomic E-state index is 11.2. The number of rotatable bonds is 6. The number of methoxy groups -OCH3 is 1. The molecule has 0 spiro atoms. The third-order valence-electron chi connectivity index (χ3n) is 1.33. The lowest BCUT2D eigenvalue weighted by Gasteiger charge is -2.10. The summed E-state index contributed by atoms with van der Waals surface area (Å²) in [4.78, 5) is 0. The van der Waals surface area contributed by atoms with Crippen LogP contribution >= 0.6 is 0 Å². The van der Waals surface area contributed by atoms with Crippen LogP contribution in [0.3, 0.4) is 0 Å². The third-order valence-corrected chi connectivity index (χ3v) is 2.80. The smallest absolute Gasteiger partial charge is 0.214 e. The Kier molecular flexibility index (Phi) is 5.62. The average Bonchev–Trinajstić information content (AvgIpc) is 2.00. The number of sulfonamides is 1. The molecule has 0 saturated carbocycles. The predicted molar refractivity (Wildman–Crippen MR) is 48.5 cm³/mol. The molecule has 0 rings (SSSR count). The highest BCUT2D eigenvalue weighted by Crippen LogP contribution is 1.93. The van der Waals surface area contributed by atoms with Crippen molar-refractivity contribution in [2.75, 3.05) is 19.5 Å². The van der Waals surface area contributed by atoms with Crippen molar-refractivity contribution >= 4 is 10.0 Å². The average molecular weight is 206 g/mol. The van der Waals surface area contributed by atoms with Crippen molar-refractivity contribution < 1.29 is 13.2 Å². The standard InChI is InChI=1S/C7H14N2O3S/c1-7(3-4-8)9-13(10,11)6-5-12-2/h7,9H,3,5-6H2,1-2H3. The van der Waals surface area contributed by atoms with Crippen LogP contribution < -0.4 is 4.72 Å². The van der Waals surface area contributed by atoms with Crippen LogP contribution in [0.2, 0.25) is 0 Å². The molecule has 0 radical (unpaired) electrons. The molecule has 0 amide bonds. The van der Waals surface area contributed by atoms with Crippen LogP contribution in [-0.2, 0) is 14.8 Å². The van der Waals surface area contributed by atoms with Crippen LogP contribution in [0.25, 0.3) is 0 Å². The molecule has 76 valence electrons. The van der Waals surface area contributed by atoms with Gasteiger partial charge in [-0.05, 0) is 6.92 Å². The number of nitrogens with zero attached hydrogens (tertiary/aromatic N) is 1.